The first-order valence-electron chi connectivity index (χ1n) is 4.59. The lowest BCUT2D eigenvalue weighted by atomic mass is 10.0. The highest BCUT2D eigenvalue weighted by Gasteiger charge is 2.05. The van der Waals surface area contributed by atoms with Crippen LogP contribution in [-0.4, -0.2) is 16.8 Å². The lowest BCUT2D eigenvalue weighted by Crippen LogP contribution is -2.01. The summed E-state index contributed by atoms with van der Waals surface area (Å²) in [5.41, 5.74) is 0.756. The van der Waals surface area contributed by atoms with E-state index in [-0.39, 0.29) is 6.61 Å². The minimum atomic E-state index is -0.778. The Morgan fingerprint density at radius 1 is 1.00 bits per heavy atom. The average molecular weight is 188 g/mol. The molecule has 0 amide bonds. The topological polar surface area (TPSA) is 40.5 Å². The van der Waals surface area contributed by atoms with Crippen LogP contribution in [0.3, 0.4) is 0 Å². The van der Waals surface area contributed by atoms with Crippen molar-refractivity contribution in [1.29, 1.82) is 0 Å². The zero-order valence-corrected chi connectivity index (χ0v) is 7.72. The van der Waals surface area contributed by atoms with Gasteiger partial charge in [-0.1, -0.05) is 36.4 Å². The molecule has 0 aliphatic carbocycles. The summed E-state index contributed by atoms with van der Waals surface area (Å²) < 4.78 is 0. The van der Waals surface area contributed by atoms with Gasteiger partial charge in [0, 0.05) is 0 Å². The molecule has 14 heavy (non-hydrogen) atoms. The predicted molar refractivity (Wildman–Crippen MR) is 56.0 cm³/mol. The molecule has 0 aliphatic heterocycles. The van der Waals surface area contributed by atoms with Gasteiger partial charge in [-0.05, 0) is 22.4 Å². The number of hydrogen-bond acceptors (Lipinski definition) is 2. The van der Waals surface area contributed by atoms with Crippen molar-refractivity contribution in [1.82, 2.24) is 0 Å². The van der Waals surface area contributed by atoms with E-state index >= 15 is 0 Å². The molecule has 2 heteroatoms. The molecule has 2 aromatic carbocycles. The number of aliphatic hydroxyl groups excluding tert-OH is 2. The Bertz CT molecular complexity index is 437. The lowest BCUT2D eigenvalue weighted by molar-refractivity contribution is 0.0957. The van der Waals surface area contributed by atoms with Crippen molar-refractivity contribution >= 4 is 10.8 Å². The Balaban J connectivity index is 2.51. The van der Waals surface area contributed by atoms with Crippen molar-refractivity contribution in [2.24, 2.45) is 0 Å². The fourth-order valence-corrected chi connectivity index (χ4v) is 1.52. The summed E-state index contributed by atoms with van der Waals surface area (Å²) >= 11 is 0. The van der Waals surface area contributed by atoms with E-state index in [1.165, 1.54) is 0 Å². The maximum absolute atomic E-state index is 9.44. The summed E-state index contributed by atoms with van der Waals surface area (Å²) in [6, 6.07) is 13.6. The molecule has 72 valence electrons. The summed E-state index contributed by atoms with van der Waals surface area (Å²) in [5.74, 6) is 0. The summed E-state index contributed by atoms with van der Waals surface area (Å²) in [7, 11) is 0. The molecule has 0 fully saturated rings. The van der Waals surface area contributed by atoms with E-state index in [0.717, 1.165) is 16.3 Å². The van der Waals surface area contributed by atoms with Gasteiger partial charge in [0.1, 0.15) is 6.10 Å². The van der Waals surface area contributed by atoms with Gasteiger partial charge < -0.3 is 10.2 Å². The first kappa shape index (κ1) is 9.19. The summed E-state index contributed by atoms with van der Waals surface area (Å²) in [4.78, 5) is 0. The van der Waals surface area contributed by atoms with Gasteiger partial charge in [-0.25, -0.2) is 0 Å². The summed E-state index contributed by atoms with van der Waals surface area (Å²) in [6.07, 6.45) is -0.778. The standard InChI is InChI=1S/C12H12O2/c13-8-12(14)11-6-5-9-3-1-2-4-10(9)7-11/h1-7,12-14H,8H2/t12-/m1/s1. The van der Waals surface area contributed by atoms with Gasteiger partial charge >= 0.3 is 0 Å². The first-order chi connectivity index (χ1) is 6.81. The highest BCUT2D eigenvalue weighted by atomic mass is 16.3. The Morgan fingerprint density at radius 2 is 1.71 bits per heavy atom. The van der Waals surface area contributed by atoms with Crippen molar-refractivity contribution in [3.8, 4) is 0 Å². The minimum absolute atomic E-state index is 0.238. The van der Waals surface area contributed by atoms with E-state index in [4.69, 9.17) is 5.11 Å². The maximum Gasteiger partial charge on any atom is 0.102 e. The number of rotatable bonds is 2. The third kappa shape index (κ3) is 1.62. The third-order valence-electron chi connectivity index (χ3n) is 2.33. The zero-order valence-electron chi connectivity index (χ0n) is 7.72. The largest absolute Gasteiger partial charge is 0.393 e. The Hall–Kier alpha value is -1.38. The molecule has 0 unspecified atom stereocenters. The molecule has 0 saturated heterocycles. The van der Waals surface area contributed by atoms with Gasteiger partial charge in [-0.2, -0.15) is 0 Å². The van der Waals surface area contributed by atoms with E-state index < -0.39 is 6.10 Å². The smallest absolute Gasteiger partial charge is 0.102 e. The number of hydrogen-bond donors (Lipinski definition) is 2. The fourth-order valence-electron chi connectivity index (χ4n) is 1.52. The van der Waals surface area contributed by atoms with E-state index in [1.807, 2.05) is 42.5 Å². The van der Waals surface area contributed by atoms with Gasteiger partial charge in [-0.3, -0.25) is 0 Å². The molecule has 0 spiro atoms. The van der Waals surface area contributed by atoms with Crippen LogP contribution in [0.4, 0.5) is 0 Å². The predicted octanol–water partition coefficient (Wildman–Crippen LogP) is 1.87. The second-order valence-electron chi connectivity index (χ2n) is 3.30. The van der Waals surface area contributed by atoms with E-state index in [1.54, 1.807) is 0 Å². The van der Waals surface area contributed by atoms with Crippen LogP contribution in [0.2, 0.25) is 0 Å². The monoisotopic (exact) mass is 188 g/mol. The fraction of sp³-hybridized carbons (Fsp3) is 0.167. The summed E-state index contributed by atoms with van der Waals surface area (Å²) in [6.45, 7) is -0.238. The van der Waals surface area contributed by atoms with Crippen molar-refractivity contribution in [2.45, 2.75) is 6.10 Å². The molecule has 0 aromatic heterocycles. The van der Waals surface area contributed by atoms with Crippen LogP contribution in [0, 0.1) is 0 Å². The highest BCUT2D eigenvalue weighted by molar-refractivity contribution is 5.83. The molecular weight excluding hydrogens is 176 g/mol. The lowest BCUT2D eigenvalue weighted by Gasteiger charge is -2.08. The first-order valence-corrected chi connectivity index (χ1v) is 4.59. The molecule has 0 saturated carbocycles. The second kappa shape index (κ2) is 3.78. The molecule has 0 radical (unpaired) electrons. The van der Waals surface area contributed by atoms with Crippen molar-refractivity contribution in [2.75, 3.05) is 6.61 Å². The van der Waals surface area contributed by atoms with E-state index in [9.17, 15) is 5.11 Å². The van der Waals surface area contributed by atoms with Crippen molar-refractivity contribution < 1.29 is 10.2 Å². The second-order valence-corrected chi connectivity index (χ2v) is 3.30. The molecule has 2 rings (SSSR count). The van der Waals surface area contributed by atoms with Crippen LogP contribution in [0.15, 0.2) is 42.5 Å². The Labute approximate surface area is 82.4 Å². The maximum atomic E-state index is 9.44. The van der Waals surface area contributed by atoms with Crippen molar-refractivity contribution in [3.63, 3.8) is 0 Å². The third-order valence-corrected chi connectivity index (χ3v) is 2.33. The molecule has 0 heterocycles. The summed E-state index contributed by atoms with van der Waals surface area (Å²) in [5, 5.41) is 20.5. The van der Waals surface area contributed by atoms with Gasteiger partial charge in [0.25, 0.3) is 0 Å². The van der Waals surface area contributed by atoms with Crippen LogP contribution in [0.5, 0.6) is 0 Å². The van der Waals surface area contributed by atoms with Gasteiger partial charge in [0.2, 0.25) is 0 Å². The highest BCUT2D eigenvalue weighted by Crippen LogP contribution is 2.19. The molecule has 1 atom stereocenters. The molecular formula is C12H12O2. The molecule has 2 nitrogen and oxygen atoms in total. The van der Waals surface area contributed by atoms with Gasteiger partial charge in [0.05, 0.1) is 6.61 Å². The normalized spacial score (nSPS) is 13.0. The minimum Gasteiger partial charge on any atom is -0.393 e. The quantitative estimate of drug-likeness (QED) is 0.755. The number of benzene rings is 2. The number of aliphatic hydroxyl groups is 2. The van der Waals surface area contributed by atoms with Crippen LogP contribution < -0.4 is 0 Å². The number of fused-ring (bicyclic) bond motifs is 1. The Kier molecular flexibility index (Phi) is 2.48. The molecule has 2 N–H and O–H groups in total. The Morgan fingerprint density at radius 3 is 2.43 bits per heavy atom. The van der Waals surface area contributed by atoms with E-state index in [0.29, 0.717) is 0 Å². The van der Waals surface area contributed by atoms with Crippen LogP contribution in [-0.2, 0) is 0 Å². The average Bonchev–Trinajstić information content (AvgIpc) is 2.27. The van der Waals surface area contributed by atoms with Crippen LogP contribution in [0.25, 0.3) is 10.8 Å². The van der Waals surface area contributed by atoms with Crippen molar-refractivity contribution in [3.05, 3.63) is 48.0 Å². The zero-order chi connectivity index (χ0) is 9.97. The van der Waals surface area contributed by atoms with Crippen LogP contribution >= 0.6 is 0 Å². The van der Waals surface area contributed by atoms with Gasteiger partial charge in [0.15, 0.2) is 0 Å². The molecule has 0 aliphatic rings. The molecule has 0 bridgehead atoms. The molecule has 2 aromatic rings. The van der Waals surface area contributed by atoms with E-state index in [2.05, 4.69) is 0 Å². The van der Waals surface area contributed by atoms with Crippen LogP contribution in [0.1, 0.15) is 11.7 Å². The van der Waals surface area contributed by atoms with Gasteiger partial charge in [-0.15, -0.1) is 0 Å². The SMILES string of the molecule is OC[C@@H](O)c1ccc2ccccc2c1.